The van der Waals surface area contributed by atoms with Gasteiger partial charge in [-0.1, -0.05) is 0 Å². The minimum atomic E-state index is -1.36. The molecule has 0 saturated heterocycles. The van der Waals surface area contributed by atoms with Gasteiger partial charge in [-0.15, -0.1) is 0 Å². The summed E-state index contributed by atoms with van der Waals surface area (Å²) in [5.41, 5.74) is -0.886. The van der Waals surface area contributed by atoms with Crippen LogP contribution in [0.2, 0.25) is 0 Å². The van der Waals surface area contributed by atoms with Gasteiger partial charge in [0.1, 0.15) is 16.9 Å². The molecule has 0 aliphatic heterocycles. The van der Waals surface area contributed by atoms with Crippen molar-refractivity contribution in [3.63, 3.8) is 0 Å². The largest absolute Gasteiger partial charge is 0.492 e. The first-order chi connectivity index (χ1) is 14.5. The molecule has 2 aromatic heterocycles. The van der Waals surface area contributed by atoms with Gasteiger partial charge in [-0.25, -0.2) is 14.0 Å². The van der Waals surface area contributed by atoms with Gasteiger partial charge in [0.2, 0.25) is 0 Å². The van der Waals surface area contributed by atoms with E-state index in [0.717, 1.165) is 23.4 Å². The van der Waals surface area contributed by atoms with E-state index >= 15 is 0 Å². The monoisotopic (exact) mass is 435 g/mol. The van der Waals surface area contributed by atoms with Crippen LogP contribution in [0.1, 0.15) is 55.5 Å². The third-order valence-electron chi connectivity index (χ3n) is 4.73. The number of nitrogens with zero attached hydrogens (tertiary/aromatic N) is 1. The number of aromatic carboxylic acids is 1. The van der Waals surface area contributed by atoms with Crippen LogP contribution in [0.25, 0.3) is 5.52 Å². The highest BCUT2D eigenvalue weighted by molar-refractivity contribution is 5.89. The van der Waals surface area contributed by atoms with Gasteiger partial charge >= 0.3 is 12.1 Å². The number of hydrogen-bond acceptors (Lipinski definition) is 6. The Kier molecular flexibility index (Phi) is 6.10. The van der Waals surface area contributed by atoms with Crippen molar-refractivity contribution >= 4 is 23.3 Å². The second kappa shape index (κ2) is 8.44. The van der Waals surface area contributed by atoms with Crippen molar-refractivity contribution in [2.24, 2.45) is 0 Å². The number of amides is 1. The lowest BCUT2D eigenvalue weighted by Gasteiger charge is -2.20. The van der Waals surface area contributed by atoms with Gasteiger partial charge in [-0.2, -0.15) is 0 Å². The van der Waals surface area contributed by atoms with Crippen LogP contribution < -0.4 is 20.9 Å². The van der Waals surface area contributed by atoms with Crippen molar-refractivity contribution in [2.75, 3.05) is 25.5 Å². The Morgan fingerprint density at radius 2 is 1.97 bits per heavy atom. The second-order valence-corrected chi connectivity index (χ2v) is 8.36. The van der Waals surface area contributed by atoms with E-state index in [4.69, 9.17) is 9.47 Å². The van der Waals surface area contributed by atoms with Crippen molar-refractivity contribution in [2.45, 2.75) is 45.1 Å². The molecule has 2 heterocycles. The standard InChI is InChI=1S/C21H26FN3O6/c1-21(2,3)31-20(29)24-8-7-23-15-14(22)10-25-16(17(15)30-4)12(11-5-6-11)9-13(18(25)26)19(27)28/h9-11,23H,5-8H2,1-4H3,(H,24,29)(H,27,28). The minimum absolute atomic E-state index is 0.0258. The molecule has 2 aromatic rings. The minimum Gasteiger partial charge on any atom is -0.492 e. The molecular formula is C21H26FN3O6. The first-order valence-corrected chi connectivity index (χ1v) is 9.93. The fraction of sp³-hybridized carbons (Fsp3) is 0.476. The first-order valence-electron chi connectivity index (χ1n) is 9.93. The maximum Gasteiger partial charge on any atom is 0.407 e. The average Bonchev–Trinajstić information content (AvgIpc) is 3.49. The van der Waals surface area contributed by atoms with Crippen LogP contribution in [0, 0.1) is 5.82 Å². The van der Waals surface area contributed by atoms with Crippen LogP contribution in [0.5, 0.6) is 5.75 Å². The summed E-state index contributed by atoms with van der Waals surface area (Å²) >= 11 is 0. The van der Waals surface area contributed by atoms with Crippen LogP contribution in [0.4, 0.5) is 14.9 Å². The number of carbonyl (C=O) groups is 2. The number of carboxylic acid groups (broad SMARTS) is 1. The Morgan fingerprint density at radius 3 is 2.52 bits per heavy atom. The molecule has 1 aliphatic rings. The fourth-order valence-corrected chi connectivity index (χ4v) is 3.31. The molecule has 0 aromatic carbocycles. The smallest absolute Gasteiger partial charge is 0.407 e. The van der Waals surface area contributed by atoms with Crippen molar-refractivity contribution < 1.29 is 28.6 Å². The number of methoxy groups -OCH3 is 1. The van der Waals surface area contributed by atoms with Crippen molar-refractivity contribution in [3.05, 3.63) is 39.6 Å². The van der Waals surface area contributed by atoms with Crippen LogP contribution in [0.15, 0.2) is 17.1 Å². The van der Waals surface area contributed by atoms with E-state index in [2.05, 4.69) is 10.6 Å². The number of ether oxygens (including phenoxy) is 2. The Hall–Kier alpha value is -3.30. The molecule has 3 N–H and O–H groups in total. The summed E-state index contributed by atoms with van der Waals surface area (Å²) in [5.74, 6) is -1.97. The third-order valence-corrected chi connectivity index (χ3v) is 4.73. The first kappa shape index (κ1) is 22.4. The molecule has 10 heteroatoms. The predicted molar refractivity (Wildman–Crippen MR) is 112 cm³/mol. The predicted octanol–water partition coefficient (Wildman–Crippen LogP) is 2.96. The Balaban J connectivity index is 1.92. The van der Waals surface area contributed by atoms with Gasteiger partial charge in [0, 0.05) is 13.1 Å². The van der Waals surface area contributed by atoms with Gasteiger partial charge in [0.25, 0.3) is 5.56 Å². The number of aromatic nitrogens is 1. The highest BCUT2D eigenvalue weighted by Gasteiger charge is 2.31. The van der Waals surface area contributed by atoms with E-state index in [1.54, 1.807) is 20.8 Å². The van der Waals surface area contributed by atoms with E-state index in [-0.39, 0.29) is 30.4 Å². The number of rotatable bonds is 7. The van der Waals surface area contributed by atoms with Gasteiger partial charge < -0.3 is 25.2 Å². The van der Waals surface area contributed by atoms with Crippen molar-refractivity contribution in [1.82, 2.24) is 9.72 Å². The molecule has 1 fully saturated rings. The van der Waals surface area contributed by atoms with E-state index in [0.29, 0.717) is 11.1 Å². The average molecular weight is 435 g/mol. The van der Waals surface area contributed by atoms with Crippen LogP contribution >= 0.6 is 0 Å². The molecule has 0 spiro atoms. The number of halogens is 1. The number of alkyl carbamates (subject to hydrolysis) is 1. The topological polar surface area (TPSA) is 118 Å². The number of fused-ring (bicyclic) bond motifs is 1. The zero-order valence-electron chi connectivity index (χ0n) is 17.9. The lowest BCUT2D eigenvalue weighted by atomic mass is 10.1. The van der Waals surface area contributed by atoms with Crippen molar-refractivity contribution in [3.8, 4) is 5.75 Å². The number of nitrogens with one attached hydrogen (secondary N) is 2. The van der Waals surface area contributed by atoms with Gasteiger partial charge in [-0.3, -0.25) is 9.20 Å². The zero-order valence-corrected chi connectivity index (χ0v) is 17.9. The molecular weight excluding hydrogens is 409 g/mol. The van der Waals surface area contributed by atoms with E-state index in [1.165, 1.54) is 13.2 Å². The lowest BCUT2D eigenvalue weighted by Crippen LogP contribution is -2.35. The maximum atomic E-state index is 14.9. The molecule has 1 aliphatic carbocycles. The summed E-state index contributed by atoms with van der Waals surface area (Å²) in [6, 6.07) is 1.35. The quantitative estimate of drug-likeness (QED) is 0.572. The second-order valence-electron chi connectivity index (χ2n) is 8.36. The molecule has 31 heavy (non-hydrogen) atoms. The SMILES string of the molecule is COc1c(NCCNC(=O)OC(C)(C)C)c(F)cn2c(=O)c(C(=O)O)cc(C3CC3)c12. The number of anilines is 1. The summed E-state index contributed by atoms with van der Waals surface area (Å²) in [6.07, 6.45) is 2.05. The van der Waals surface area contributed by atoms with E-state index in [9.17, 15) is 23.9 Å². The summed E-state index contributed by atoms with van der Waals surface area (Å²) < 4.78 is 26.5. The molecule has 3 rings (SSSR count). The normalized spacial score (nSPS) is 13.7. The molecule has 1 amide bonds. The Morgan fingerprint density at radius 1 is 1.29 bits per heavy atom. The molecule has 168 valence electrons. The molecule has 0 atom stereocenters. The molecule has 0 bridgehead atoms. The zero-order chi connectivity index (χ0) is 22.9. The Labute approximate surface area is 178 Å². The van der Waals surface area contributed by atoms with Gasteiger partial charge in [0.05, 0.1) is 18.8 Å². The maximum absolute atomic E-state index is 14.9. The van der Waals surface area contributed by atoms with Gasteiger partial charge in [0.15, 0.2) is 11.6 Å². The van der Waals surface area contributed by atoms with E-state index in [1.807, 2.05) is 0 Å². The fourth-order valence-electron chi connectivity index (χ4n) is 3.31. The highest BCUT2D eigenvalue weighted by Crippen LogP contribution is 2.45. The summed E-state index contributed by atoms with van der Waals surface area (Å²) in [5, 5.41) is 14.8. The number of carboxylic acids is 1. The number of carbonyl (C=O) groups excluding carboxylic acids is 1. The highest BCUT2D eigenvalue weighted by atomic mass is 19.1. The summed E-state index contributed by atoms with van der Waals surface area (Å²) in [4.78, 5) is 35.9. The Bertz CT molecular complexity index is 1090. The van der Waals surface area contributed by atoms with Crippen LogP contribution in [-0.2, 0) is 4.74 Å². The molecule has 0 unspecified atom stereocenters. The molecule has 1 saturated carbocycles. The van der Waals surface area contributed by atoms with Crippen molar-refractivity contribution in [1.29, 1.82) is 0 Å². The molecule has 0 radical (unpaired) electrons. The van der Waals surface area contributed by atoms with Crippen LogP contribution in [0.3, 0.4) is 0 Å². The van der Waals surface area contributed by atoms with E-state index < -0.39 is 34.6 Å². The summed E-state index contributed by atoms with van der Waals surface area (Å²) in [7, 11) is 1.35. The number of hydrogen-bond donors (Lipinski definition) is 3. The van der Waals surface area contributed by atoms with Crippen LogP contribution in [-0.4, -0.2) is 47.4 Å². The number of pyridine rings is 2. The molecule has 9 nitrogen and oxygen atoms in total. The van der Waals surface area contributed by atoms with Gasteiger partial charge in [-0.05, 0) is 51.2 Å². The summed E-state index contributed by atoms with van der Waals surface area (Å²) in [6.45, 7) is 5.56. The lowest BCUT2D eigenvalue weighted by molar-refractivity contribution is 0.0529. The third kappa shape index (κ3) is 4.89.